The van der Waals surface area contributed by atoms with Crippen molar-refractivity contribution in [3.63, 3.8) is 0 Å². The molecule has 1 aliphatic heterocycles. The number of rotatable bonds is 6. The average Bonchev–Trinajstić information content (AvgIpc) is 2.74. The van der Waals surface area contributed by atoms with Crippen molar-refractivity contribution in [1.82, 2.24) is 5.32 Å². The van der Waals surface area contributed by atoms with Crippen molar-refractivity contribution in [2.75, 3.05) is 24.6 Å². The van der Waals surface area contributed by atoms with Crippen LogP contribution in [0.4, 0.5) is 5.69 Å². The molecule has 0 aliphatic carbocycles. The van der Waals surface area contributed by atoms with E-state index in [9.17, 15) is 5.11 Å². The Morgan fingerprint density at radius 2 is 2.14 bits per heavy atom. The third kappa shape index (κ3) is 4.45. The summed E-state index contributed by atoms with van der Waals surface area (Å²) >= 11 is 0. The quantitative estimate of drug-likeness (QED) is 0.790. The molecule has 0 spiro atoms. The standard InChI is InChI=1S/C18H30N2O/c1-3-10-19-13-16-8-9-17(12-15(16)2)20-11-6-4-5-7-18(20)14-21/h8-9,12,18-19,21H,3-7,10-11,13-14H2,1-2H3. The molecule has 0 amide bonds. The van der Waals surface area contributed by atoms with Gasteiger partial charge in [-0.2, -0.15) is 0 Å². The second-order valence-corrected chi connectivity index (χ2v) is 6.17. The molecule has 1 unspecified atom stereocenters. The van der Waals surface area contributed by atoms with Crippen molar-refractivity contribution < 1.29 is 5.11 Å². The van der Waals surface area contributed by atoms with Crippen LogP contribution < -0.4 is 10.2 Å². The summed E-state index contributed by atoms with van der Waals surface area (Å²) in [5.41, 5.74) is 3.99. The highest BCUT2D eigenvalue weighted by molar-refractivity contribution is 5.52. The summed E-state index contributed by atoms with van der Waals surface area (Å²) in [5.74, 6) is 0. The fourth-order valence-corrected chi connectivity index (χ4v) is 3.16. The first kappa shape index (κ1) is 16.3. The normalized spacial score (nSPS) is 19.6. The molecule has 1 heterocycles. The molecule has 0 bridgehead atoms. The molecule has 1 aromatic rings. The van der Waals surface area contributed by atoms with Crippen LogP contribution in [-0.4, -0.2) is 30.8 Å². The first-order chi connectivity index (χ1) is 10.3. The Hall–Kier alpha value is -1.06. The Morgan fingerprint density at radius 3 is 2.86 bits per heavy atom. The van der Waals surface area contributed by atoms with Crippen molar-refractivity contribution in [3.05, 3.63) is 29.3 Å². The summed E-state index contributed by atoms with van der Waals surface area (Å²) in [6, 6.07) is 7.05. The summed E-state index contributed by atoms with van der Waals surface area (Å²) in [4.78, 5) is 2.41. The van der Waals surface area contributed by atoms with E-state index in [0.717, 1.165) is 26.1 Å². The molecule has 1 atom stereocenters. The highest BCUT2D eigenvalue weighted by atomic mass is 16.3. The van der Waals surface area contributed by atoms with Crippen molar-refractivity contribution in [3.8, 4) is 0 Å². The predicted molar refractivity (Wildman–Crippen MR) is 89.9 cm³/mol. The van der Waals surface area contributed by atoms with Crippen LogP contribution in [0.2, 0.25) is 0 Å². The molecule has 2 N–H and O–H groups in total. The van der Waals surface area contributed by atoms with Gasteiger partial charge in [0.1, 0.15) is 0 Å². The molecule has 3 heteroatoms. The van der Waals surface area contributed by atoms with Crippen molar-refractivity contribution >= 4 is 5.69 Å². The zero-order valence-electron chi connectivity index (χ0n) is 13.6. The van der Waals surface area contributed by atoms with E-state index in [0.29, 0.717) is 0 Å². The van der Waals surface area contributed by atoms with Gasteiger partial charge in [-0.15, -0.1) is 0 Å². The SMILES string of the molecule is CCCNCc1ccc(N2CCCCCC2CO)cc1C. The first-order valence-electron chi connectivity index (χ1n) is 8.44. The van der Waals surface area contributed by atoms with Crippen LogP contribution in [0.25, 0.3) is 0 Å². The van der Waals surface area contributed by atoms with Gasteiger partial charge in [0.2, 0.25) is 0 Å². The number of hydrogen-bond donors (Lipinski definition) is 2. The molecule has 3 nitrogen and oxygen atoms in total. The molecule has 118 valence electrons. The number of aryl methyl sites for hydroxylation is 1. The Morgan fingerprint density at radius 1 is 1.29 bits per heavy atom. The third-order valence-electron chi connectivity index (χ3n) is 4.49. The number of anilines is 1. The molecular weight excluding hydrogens is 260 g/mol. The van der Waals surface area contributed by atoms with Crippen molar-refractivity contribution in [2.45, 2.75) is 58.5 Å². The Kier molecular flexibility index (Phi) is 6.52. The van der Waals surface area contributed by atoms with Gasteiger partial charge in [0.05, 0.1) is 12.6 Å². The lowest BCUT2D eigenvalue weighted by Gasteiger charge is -2.31. The van der Waals surface area contributed by atoms with Gasteiger partial charge in [-0.25, -0.2) is 0 Å². The monoisotopic (exact) mass is 290 g/mol. The first-order valence-corrected chi connectivity index (χ1v) is 8.44. The maximum absolute atomic E-state index is 9.66. The fraction of sp³-hybridized carbons (Fsp3) is 0.667. The topological polar surface area (TPSA) is 35.5 Å². The molecule has 1 fully saturated rings. The van der Waals surface area contributed by atoms with E-state index in [2.05, 4.69) is 42.3 Å². The van der Waals surface area contributed by atoms with Gasteiger partial charge in [0.25, 0.3) is 0 Å². The van der Waals surface area contributed by atoms with Crippen LogP contribution in [0.1, 0.15) is 50.2 Å². The van der Waals surface area contributed by atoms with Gasteiger partial charge in [-0.3, -0.25) is 0 Å². The maximum atomic E-state index is 9.66. The van der Waals surface area contributed by atoms with Crippen LogP contribution in [0.5, 0.6) is 0 Å². The summed E-state index contributed by atoms with van der Waals surface area (Å²) in [5, 5.41) is 13.1. The molecule has 1 aliphatic rings. The lowest BCUT2D eigenvalue weighted by molar-refractivity contribution is 0.255. The molecule has 0 radical (unpaired) electrons. The molecule has 1 saturated heterocycles. The van der Waals surface area contributed by atoms with Crippen LogP contribution in [0.3, 0.4) is 0 Å². The predicted octanol–water partition coefficient (Wildman–Crippen LogP) is 3.24. The van der Waals surface area contributed by atoms with Gasteiger partial charge in [-0.1, -0.05) is 25.8 Å². The van der Waals surface area contributed by atoms with Crippen LogP contribution in [0, 0.1) is 6.92 Å². The van der Waals surface area contributed by atoms with Crippen LogP contribution >= 0.6 is 0 Å². The molecule has 1 aromatic carbocycles. The van der Waals surface area contributed by atoms with E-state index in [1.807, 2.05) is 0 Å². The Labute approximate surface area is 129 Å². The lowest BCUT2D eigenvalue weighted by Crippen LogP contribution is -2.37. The number of benzene rings is 1. The van der Waals surface area contributed by atoms with Gasteiger partial charge >= 0.3 is 0 Å². The van der Waals surface area contributed by atoms with Crippen molar-refractivity contribution in [1.29, 1.82) is 0 Å². The zero-order valence-corrected chi connectivity index (χ0v) is 13.6. The molecule has 2 rings (SSSR count). The van der Waals surface area contributed by atoms with E-state index in [-0.39, 0.29) is 12.6 Å². The van der Waals surface area contributed by atoms with Crippen LogP contribution in [0.15, 0.2) is 18.2 Å². The smallest absolute Gasteiger partial charge is 0.0635 e. The summed E-state index contributed by atoms with van der Waals surface area (Å²) in [6.07, 6.45) is 6.03. The van der Waals surface area contributed by atoms with Gasteiger partial charge in [-0.05, 0) is 56.0 Å². The highest BCUT2D eigenvalue weighted by Gasteiger charge is 2.20. The third-order valence-corrected chi connectivity index (χ3v) is 4.49. The Bertz CT molecular complexity index is 433. The number of nitrogens with zero attached hydrogens (tertiary/aromatic N) is 1. The Balaban J connectivity index is 2.10. The van der Waals surface area contributed by atoms with Gasteiger partial charge in [0.15, 0.2) is 0 Å². The van der Waals surface area contributed by atoms with E-state index in [1.54, 1.807) is 0 Å². The zero-order chi connectivity index (χ0) is 15.1. The van der Waals surface area contributed by atoms with E-state index >= 15 is 0 Å². The molecule has 21 heavy (non-hydrogen) atoms. The van der Waals surface area contributed by atoms with Gasteiger partial charge < -0.3 is 15.3 Å². The minimum atomic E-state index is 0.263. The molecule has 0 saturated carbocycles. The van der Waals surface area contributed by atoms with Crippen LogP contribution in [-0.2, 0) is 6.54 Å². The number of aliphatic hydroxyl groups excluding tert-OH is 1. The van der Waals surface area contributed by atoms with E-state index in [1.165, 1.54) is 42.5 Å². The maximum Gasteiger partial charge on any atom is 0.0635 e. The fourth-order valence-electron chi connectivity index (χ4n) is 3.16. The summed E-state index contributed by atoms with van der Waals surface area (Å²) < 4.78 is 0. The number of aliphatic hydroxyl groups is 1. The lowest BCUT2D eigenvalue weighted by atomic mass is 10.1. The summed E-state index contributed by atoms with van der Waals surface area (Å²) in [7, 11) is 0. The largest absolute Gasteiger partial charge is 0.394 e. The molecular formula is C18H30N2O. The number of hydrogen-bond acceptors (Lipinski definition) is 3. The minimum Gasteiger partial charge on any atom is -0.394 e. The van der Waals surface area contributed by atoms with E-state index < -0.39 is 0 Å². The summed E-state index contributed by atoms with van der Waals surface area (Å²) in [6.45, 7) is 7.73. The van der Waals surface area contributed by atoms with Gasteiger partial charge in [0, 0.05) is 18.8 Å². The highest BCUT2D eigenvalue weighted by Crippen LogP contribution is 2.26. The second kappa shape index (κ2) is 8.40. The van der Waals surface area contributed by atoms with Crippen molar-refractivity contribution in [2.24, 2.45) is 0 Å². The second-order valence-electron chi connectivity index (χ2n) is 6.17. The molecule has 0 aromatic heterocycles. The van der Waals surface area contributed by atoms with E-state index in [4.69, 9.17) is 0 Å². The average molecular weight is 290 g/mol. The minimum absolute atomic E-state index is 0.263. The number of nitrogens with one attached hydrogen (secondary N) is 1.